The largest absolute Gasteiger partial charge is 0.337 e. The van der Waals surface area contributed by atoms with Gasteiger partial charge in [0.25, 0.3) is 5.91 Å². The first-order valence-electron chi connectivity index (χ1n) is 7.58. The Kier molecular flexibility index (Phi) is 4.96. The SMILES string of the molecule is CN(Cc1ccncc1)C(=O)c1cccc(CC(C)(C)C)c1. The van der Waals surface area contributed by atoms with Crippen molar-refractivity contribution in [2.24, 2.45) is 5.41 Å². The zero-order chi connectivity index (χ0) is 16.2. The lowest BCUT2D eigenvalue weighted by Gasteiger charge is -2.20. The fraction of sp³-hybridized carbons (Fsp3) is 0.368. The maximum Gasteiger partial charge on any atom is 0.253 e. The summed E-state index contributed by atoms with van der Waals surface area (Å²) in [5.41, 5.74) is 3.25. The number of rotatable bonds is 4. The number of hydrogen-bond donors (Lipinski definition) is 0. The van der Waals surface area contributed by atoms with Crippen molar-refractivity contribution in [3.05, 3.63) is 65.5 Å². The summed E-state index contributed by atoms with van der Waals surface area (Å²) in [6.45, 7) is 7.20. The third-order valence-electron chi connectivity index (χ3n) is 3.42. The van der Waals surface area contributed by atoms with Crippen molar-refractivity contribution < 1.29 is 4.79 Å². The van der Waals surface area contributed by atoms with E-state index in [1.54, 1.807) is 17.3 Å². The molecule has 22 heavy (non-hydrogen) atoms. The average Bonchev–Trinajstić information content (AvgIpc) is 2.46. The minimum atomic E-state index is 0.0487. The van der Waals surface area contributed by atoms with Gasteiger partial charge in [0.15, 0.2) is 0 Å². The molecule has 3 nitrogen and oxygen atoms in total. The first-order chi connectivity index (χ1) is 10.3. The number of nitrogens with zero attached hydrogens (tertiary/aromatic N) is 2. The summed E-state index contributed by atoms with van der Waals surface area (Å²) < 4.78 is 0. The van der Waals surface area contributed by atoms with Crippen LogP contribution < -0.4 is 0 Å². The highest BCUT2D eigenvalue weighted by Crippen LogP contribution is 2.21. The Hall–Kier alpha value is -2.16. The maximum atomic E-state index is 12.6. The predicted molar refractivity (Wildman–Crippen MR) is 89.6 cm³/mol. The zero-order valence-corrected chi connectivity index (χ0v) is 13.8. The lowest BCUT2D eigenvalue weighted by molar-refractivity contribution is 0.0785. The maximum absolute atomic E-state index is 12.6. The van der Waals surface area contributed by atoms with E-state index in [0.717, 1.165) is 17.5 Å². The van der Waals surface area contributed by atoms with Crippen LogP contribution in [-0.2, 0) is 13.0 Å². The van der Waals surface area contributed by atoms with Gasteiger partial charge in [0.05, 0.1) is 0 Å². The molecule has 0 N–H and O–H groups in total. The summed E-state index contributed by atoms with van der Waals surface area (Å²) in [4.78, 5) is 18.3. The van der Waals surface area contributed by atoms with Crippen molar-refractivity contribution in [2.45, 2.75) is 33.7 Å². The molecule has 0 aliphatic carbocycles. The van der Waals surface area contributed by atoms with Gasteiger partial charge in [-0.15, -0.1) is 0 Å². The fourth-order valence-corrected chi connectivity index (χ4v) is 2.48. The molecule has 0 spiro atoms. The van der Waals surface area contributed by atoms with Crippen LogP contribution in [0.4, 0.5) is 0 Å². The quantitative estimate of drug-likeness (QED) is 0.856. The van der Waals surface area contributed by atoms with Gasteiger partial charge in [-0.05, 0) is 47.2 Å². The molecule has 1 heterocycles. The molecule has 2 rings (SSSR count). The minimum Gasteiger partial charge on any atom is -0.337 e. The van der Waals surface area contributed by atoms with Gasteiger partial charge in [-0.1, -0.05) is 32.9 Å². The summed E-state index contributed by atoms with van der Waals surface area (Å²) in [7, 11) is 1.83. The Bertz CT molecular complexity index is 629. The highest BCUT2D eigenvalue weighted by Gasteiger charge is 2.15. The molecule has 3 heteroatoms. The van der Waals surface area contributed by atoms with E-state index in [0.29, 0.717) is 6.54 Å². The van der Waals surface area contributed by atoms with Gasteiger partial charge in [-0.25, -0.2) is 0 Å². The van der Waals surface area contributed by atoms with E-state index < -0.39 is 0 Å². The predicted octanol–water partition coefficient (Wildman–Crippen LogP) is 3.94. The molecule has 0 atom stereocenters. The number of aromatic nitrogens is 1. The summed E-state index contributed by atoms with van der Waals surface area (Å²) in [6, 6.07) is 11.8. The second-order valence-corrected chi connectivity index (χ2v) is 6.95. The molecule has 2 aromatic rings. The molecule has 0 radical (unpaired) electrons. The van der Waals surface area contributed by atoms with Crippen molar-refractivity contribution in [1.82, 2.24) is 9.88 Å². The average molecular weight is 296 g/mol. The van der Waals surface area contributed by atoms with E-state index in [4.69, 9.17) is 0 Å². The molecular formula is C19H24N2O. The molecular weight excluding hydrogens is 272 g/mol. The van der Waals surface area contributed by atoms with Gasteiger partial charge in [-0.2, -0.15) is 0 Å². The first-order valence-corrected chi connectivity index (χ1v) is 7.58. The van der Waals surface area contributed by atoms with Crippen LogP contribution >= 0.6 is 0 Å². The lowest BCUT2D eigenvalue weighted by Crippen LogP contribution is -2.26. The van der Waals surface area contributed by atoms with Crippen molar-refractivity contribution in [3.8, 4) is 0 Å². The third kappa shape index (κ3) is 4.69. The van der Waals surface area contributed by atoms with Gasteiger partial charge in [0.1, 0.15) is 0 Å². The molecule has 0 bridgehead atoms. The molecule has 0 saturated heterocycles. The number of carbonyl (C=O) groups excluding carboxylic acids is 1. The fourth-order valence-electron chi connectivity index (χ4n) is 2.48. The smallest absolute Gasteiger partial charge is 0.253 e. The van der Waals surface area contributed by atoms with Gasteiger partial charge in [0.2, 0.25) is 0 Å². The number of benzene rings is 1. The van der Waals surface area contributed by atoms with Crippen molar-refractivity contribution in [2.75, 3.05) is 7.05 Å². The minimum absolute atomic E-state index is 0.0487. The van der Waals surface area contributed by atoms with Gasteiger partial charge in [0, 0.05) is 31.5 Å². The Morgan fingerprint density at radius 2 is 1.77 bits per heavy atom. The van der Waals surface area contributed by atoms with Gasteiger partial charge >= 0.3 is 0 Å². The van der Waals surface area contributed by atoms with Crippen molar-refractivity contribution in [3.63, 3.8) is 0 Å². The van der Waals surface area contributed by atoms with E-state index in [1.807, 2.05) is 37.4 Å². The molecule has 1 amide bonds. The van der Waals surface area contributed by atoms with Crippen LogP contribution in [0.25, 0.3) is 0 Å². The van der Waals surface area contributed by atoms with E-state index in [1.165, 1.54) is 5.56 Å². The number of amides is 1. The molecule has 0 aliphatic heterocycles. The number of hydrogen-bond acceptors (Lipinski definition) is 2. The topological polar surface area (TPSA) is 33.2 Å². The zero-order valence-electron chi connectivity index (χ0n) is 13.8. The Morgan fingerprint density at radius 1 is 1.09 bits per heavy atom. The molecule has 1 aromatic heterocycles. The van der Waals surface area contributed by atoms with E-state index >= 15 is 0 Å². The van der Waals surface area contributed by atoms with Crippen LogP contribution in [0.2, 0.25) is 0 Å². The van der Waals surface area contributed by atoms with Gasteiger partial charge in [-0.3, -0.25) is 9.78 Å². The number of pyridine rings is 1. The molecule has 1 aromatic carbocycles. The highest BCUT2D eigenvalue weighted by molar-refractivity contribution is 5.94. The normalized spacial score (nSPS) is 11.3. The third-order valence-corrected chi connectivity index (χ3v) is 3.42. The molecule has 0 fully saturated rings. The van der Waals surface area contributed by atoms with Crippen molar-refractivity contribution in [1.29, 1.82) is 0 Å². The molecule has 0 unspecified atom stereocenters. The van der Waals surface area contributed by atoms with Crippen LogP contribution in [0, 0.1) is 5.41 Å². The lowest BCUT2D eigenvalue weighted by atomic mass is 9.87. The standard InChI is InChI=1S/C19H24N2O/c1-19(2,3)13-16-6-5-7-17(12-16)18(22)21(4)14-15-8-10-20-11-9-15/h5-12H,13-14H2,1-4H3. The van der Waals surface area contributed by atoms with E-state index in [9.17, 15) is 4.79 Å². The summed E-state index contributed by atoms with van der Waals surface area (Å²) in [5.74, 6) is 0.0487. The molecule has 0 aliphatic rings. The second-order valence-electron chi connectivity index (χ2n) is 6.95. The summed E-state index contributed by atoms with van der Waals surface area (Å²) in [5, 5.41) is 0. The summed E-state index contributed by atoms with van der Waals surface area (Å²) >= 11 is 0. The molecule has 116 valence electrons. The monoisotopic (exact) mass is 296 g/mol. The van der Waals surface area contributed by atoms with Crippen LogP contribution in [-0.4, -0.2) is 22.8 Å². The van der Waals surface area contributed by atoms with Gasteiger partial charge < -0.3 is 4.90 Å². The Balaban J connectivity index is 2.10. The summed E-state index contributed by atoms with van der Waals surface area (Å²) in [6.07, 6.45) is 4.46. The van der Waals surface area contributed by atoms with Crippen LogP contribution in [0.15, 0.2) is 48.8 Å². The van der Waals surface area contributed by atoms with Crippen LogP contribution in [0.5, 0.6) is 0 Å². The second kappa shape index (κ2) is 6.73. The molecule has 0 saturated carbocycles. The number of carbonyl (C=O) groups is 1. The van der Waals surface area contributed by atoms with E-state index in [2.05, 4.69) is 31.8 Å². The Morgan fingerprint density at radius 3 is 2.41 bits per heavy atom. The highest BCUT2D eigenvalue weighted by atomic mass is 16.2. The first kappa shape index (κ1) is 16.2. The Labute approximate surface area is 133 Å². The van der Waals surface area contributed by atoms with E-state index in [-0.39, 0.29) is 11.3 Å². The van der Waals surface area contributed by atoms with Crippen LogP contribution in [0.3, 0.4) is 0 Å². The van der Waals surface area contributed by atoms with Crippen LogP contribution in [0.1, 0.15) is 42.3 Å². The van der Waals surface area contributed by atoms with Crippen molar-refractivity contribution >= 4 is 5.91 Å².